The molecule has 1 radical (unpaired) electrons. The molecule has 1 aliphatic heterocycles. The van der Waals surface area contributed by atoms with E-state index < -0.39 is 0 Å². The standard InChI is InChI=1S/C19H10N2.C10H10N2.Ir/c1-3-8-16-14(7-1)19-15(12-20-16)13-6-2-4-9-17(13)21-11-5-10-18(19)21;1-11-7-8-12(9-11)10-5-3-2-4-6-10;/h1-8,10,12H;2-5,7-9H,1H3;/q2*-2;. The molecule has 0 N–H and O–H groups in total. The Kier molecular flexibility index (Phi) is 6.06. The monoisotopic (exact) mass is 617 g/mol. The van der Waals surface area contributed by atoms with Gasteiger partial charge in [0.25, 0.3) is 0 Å². The summed E-state index contributed by atoms with van der Waals surface area (Å²) >= 11 is 0. The van der Waals surface area contributed by atoms with Gasteiger partial charge in [-0.2, -0.15) is 61.3 Å². The average Bonchev–Trinajstić information content (AvgIpc) is 3.54. The summed E-state index contributed by atoms with van der Waals surface area (Å²) in [7, 11) is 2.00. The molecule has 34 heavy (non-hydrogen) atoms. The minimum Gasteiger partial charge on any atom is -0.510 e. The van der Waals surface area contributed by atoms with Gasteiger partial charge in [-0.15, -0.1) is 22.7 Å². The molecule has 0 aliphatic carbocycles. The van der Waals surface area contributed by atoms with E-state index >= 15 is 0 Å². The second-order valence-electron chi connectivity index (χ2n) is 7.91. The zero-order valence-electron chi connectivity index (χ0n) is 18.4. The first-order chi connectivity index (χ1) is 16.3. The summed E-state index contributed by atoms with van der Waals surface area (Å²) in [6, 6.07) is 32.8. The SMILES string of the molecule is CN1C=CN(c2[c-]cccc2)[CH-]1.[Ir].[c-]1cccc2c3cnc4ccccc4c3c3cc[c-]n3c12. The van der Waals surface area contributed by atoms with Gasteiger partial charge < -0.3 is 14.2 Å². The summed E-state index contributed by atoms with van der Waals surface area (Å²) in [5.41, 5.74) is 4.28. The van der Waals surface area contributed by atoms with Gasteiger partial charge in [-0.1, -0.05) is 35.3 Å². The maximum Gasteiger partial charge on any atom is 0.0699 e. The summed E-state index contributed by atoms with van der Waals surface area (Å²) in [5.74, 6) is 0. The van der Waals surface area contributed by atoms with Crippen molar-refractivity contribution in [1.29, 1.82) is 0 Å². The summed E-state index contributed by atoms with van der Waals surface area (Å²) in [4.78, 5) is 8.65. The number of pyridine rings is 2. The largest absolute Gasteiger partial charge is 0.510 e. The Hall–Kier alpha value is -3.66. The first kappa shape index (κ1) is 22.1. The summed E-state index contributed by atoms with van der Waals surface area (Å²) in [5, 5.41) is 4.73. The molecule has 0 unspecified atom stereocenters. The van der Waals surface area contributed by atoms with Crippen LogP contribution < -0.4 is 4.90 Å². The first-order valence-electron chi connectivity index (χ1n) is 10.8. The maximum atomic E-state index is 4.62. The average molecular weight is 617 g/mol. The summed E-state index contributed by atoms with van der Waals surface area (Å²) in [6.07, 6.45) is 9.26. The molecule has 0 amide bonds. The zero-order chi connectivity index (χ0) is 22.2. The van der Waals surface area contributed by atoms with Crippen molar-refractivity contribution in [1.82, 2.24) is 14.3 Å². The Bertz CT molecular complexity index is 1620. The third kappa shape index (κ3) is 3.83. The molecule has 7 rings (SSSR count). The number of anilines is 1. The third-order valence-corrected chi connectivity index (χ3v) is 5.81. The van der Waals surface area contributed by atoms with Crippen molar-refractivity contribution in [3.8, 4) is 0 Å². The van der Waals surface area contributed by atoms with Crippen molar-refractivity contribution in [2.24, 2.45) is 0 Å². The van der Waals surface area contributed by atoms with Crippen molar-refractivity contribution in [3.63, 3.8) is 0 Å². The fourth-order valence-electron chi connectivity index (χ4n) is 4.30. The van der Waals surface area contributed by atoms with E-state index in [0.717, 1.165) is 27.6 Å². The van der Waals surface area contributed by atoms with Crippen LogP contribution in [-0.4, -0.2) is 21.3 Å². The molecule has 4 heterocycles. The molecule has 0 atom stereocenters. The van der Waals surface area contributed by atoms with Crippen molar-refractivity contribution >= 4 is 43.8 Å². The minimum absolute atomic E-state index is 0. The molecule has 1 aliphatic rings. The van der Waals surface area contributed by atoms with E-state index in [0.29, 0.717) is 0 Å². The minimum atomic E-state index is 0. The van der Waals surface area contributed by atoms with Crippen LogP contribution in [-0.2, 0) is 20.1 Å². The van der Waals surface area contributed by atoms with E-state index in [-0.39, 0.29) is 20.1 Å². The Balaban J connectivity index is 0.000000159. The van der Waals surface area contributed by atoms with Crippen LogP contribution in [0.4, 0.5) is 5.69 Å². The molecular formula is C29H20IrN4-4. The Morgan fingerprint density at radius 2 is 1.62 bits per heavy atom. The zero-order valence-corrected chi connectivity index (χ0v) is 20.8. The second-order valence-corrected chi connectivity index (χ2v) is 7.91. The number of para-hydroxylation sites is 3. The first-order valence-corrected chi connectivity index (χ1v) is 10.8. The topological polar surface area (TPSA) is 23.8 Å². The third-order valence-electron chi connectivity index (χ3n) is 5.81. The van der Waals surface area contributed by atoms with Crippen LogP contribution >= 0.6 is 0 Å². The van der Waals surface area contributed by atoms with Gasteiger partial charge >= 0.3 is 0 Å². The van der Waals surface area contributed by atoms with Gasteiger partial charge in [-0.3, -0.25) is 4.98 Å². The van der Waals surface area contributed by atoms with Gasteiger partial charge in [0, 0.05) is 26.3 Å². The predicted octanol–water partition coefficient (Wildman–Crippen LogP) is 6.22. The van der Waals surface area contributed by atoms with Crippen LogP contribution in [0.15, 0.2) is 97.5 Å². The molecule has 5 heteroatoms. The van der Waals surface area contributed by atoms with Crippen LogP contribution in [0, 0.1) is 25.0 Å². The van der Waals surface area contributed by atoms with E-state index in [9.17, 15) is 0 Å². The predicted molar refractivity (Wildman–Crippen MR) is 134 cm³/mol. The number of nitrogens with zero attached hydrogens (tertiary/aromatic N) is 4. The van der Waals surface area contributed by atoms with E-state index in [4.69, 9.17) is 0 Å². The van der Waals surface area contributed by atoms with Crippen LogP contribution in [0.25, 0.3) is 38.1 Å². The van der Waals surface area contributed by atoms with E-state index in [1.807, 2.05) is 90.6 Å². The fourth-order valence-corrected chi connectivity index (χ4v) is 4.30. The fraction of sp³-hybridized carbons (Fsp3) is 0.0345. The second kappa shape index (κ2) is 9.30. The summed E-state index contributed by atoms with van der Waals surface area (Å²) in [6.45, 7) is 2.01. The van der Waals surface area contributed by atoms with E-state index in [1.54, 1.807) is 0 Å². The molecule has 0 fully saturated rings. The van der Waals surface area contributed by atoms with Crippen molar-refractivity contribution in [3.05, 3.63) is 122 Å². The number of rotatable bonds is 1. The molecule has 3 aromatic heterocycles. The number of fused-ring (bicyclic) bond motifs is 8. The smallest absolute Gasteiger partial charge is 0.0699 e. The van der Waals surface area contributed by atoms with Crippen LogP contribution in [0.3, 0.4) is 0 Å². The van der Waals surface area contributed by atoms with Crippen LogP contribution in [0.2, 0.25) is 0 Å². The van der Waals surface area contributed by atoms with E-state index in [1.165, 1.54) is 16.2 Å². The molecule has 0 bridgehead atoms. The molecule has 4 nitrogen and oxygen atoms in total. The van der Waals surface area contributed by atoms with Crippen molar-refractivity contribution < 1.29 is 20.1 Å². The van der Waals surface area contributed by atoms with Crippen molar-refractivity contribution in [2.75, 3.05) is 11.9 Å². The molecule has 6 aromatic rings. The molecule has 0 spiro atoms. The number of hydrogen-bond acceptors (Lipinski definition) is 3. The van der Waals surface area contributed by atoms with Gasteiger partial charge in [-0.25, -0.2) is 6.07 Å². The van der Waals surface area contributed by atoms with Gasteiger partial charge in [0.2, 0.25) is 0 Å². The Labute approximate surface area is 212 Å². The number of benzene rings is 3. The van der Waals surface area contributed by atoms with Crippen LogP contribution in [0.1, 0.15) is 0 Å². The van der Waals surface area contributed by atoms with Gasteiger partial charge in [-0.05, 0) is 36.3 Å². The molecule has 0 saturated heterocycles. The molecule has 0 saturated carbocycles. The summed E-state index contributed by atoms with van der Waals surface area (Å²) < 4.78 is 2.09. The normalized spacial score (nSPS) is 12.9. The van der Waals surface area contributed by atoms with E-state index in [2.05, 4.69) is 58.0 Å². The molecule has 3 aromatic carbocycles. The van der Waals surface area contributed by atoms with Crippen molar-refractivity contribution in [2.45, 2.75) is 0 Å². The Morgan fingerprint density at radius 3 is 2.44 bits per heavy atom. The molecular weight excluding hydrogens is 597 g/mol. The Morgan fingerprint density at radius 1 is 0.794 bits per heavy atom. The maximum absolute atomic E-state index is 4.62. The van der Waals surface area contributed by atoms with Crippen LogP contribution in [0.5, 0.6) is 0 Å². The van der Waals surface area contributed by atoms with Gasteiger partial charge in [0.15, 0.2) is 0 Å². The number of aromatic nitrogens is 2. The number of hydrogen-bond donors (Lipinski definition) is 0. The van der Waals surface area contributed by atoms with Gasteiger partial charge in [0.05, 0.1) is 5.52 Å². The molecule has 169 valence electrons. The quantitative estimate of drug-likeness (QED) is 0.162. The van der Waals surface area contributed by atoms with Gasteiger partial charge in [0.1, 0.15) is 0 Å².